The zero-order chi connectivity index (χ0) is 18.4. The Labute approximate surface area is 155 Å². The van der Waals surface area contributed by atoms with E-state index in [0.29, 0.717) is 24.7 Å². The van der Waals surface area contributed by atoms with Crippen LogP contribution in [-0.2, 0) is 20.9 Å². The standard InChI is InChI=1S/C20H29NO3S/c1-5-18-20(4,17(22)13-25-18)21-19(23)16(11-14(2)3)24-12-15-9-7-6-8-10-15/h6-10,14,16,18H,5,11-13H2,1-4H3,(H,21,23)/t16-,18+,20-/m0/s1. The molecule has 1 saturated heterocycles. The van der Waals surface area contributed by atoms with E-state index in [2.05, 4.69) is 26.1 Å². The Bertz CT molecular complexity index is 590. The van der Waals surface area contributed by atoms with Crippen LogP contribution in [0.1, 0.15) is 46.1 Å². The van der Waals surface area contributed by atoms with Crippen LogP contribution in [0.5, 0.6) is 0 Å². The van der Waals surface area contributed by atoms with Gasteiger partial charge in [-0.2, -0.15) is 0 Å². The van der Waals surface area contributed by atoms with Crippen molar-refractivity contribution < 1.29 is 14.3 Å². The lowest BCUT2D eigenvalue weighted by Crippen LogP contribution is -2.58. The molecular formula is C20H29NO3S. The third-order valence-corrected chi connectivity index (χ3v) is 6.30. The molecule has 1 N–H and O–H groups in total. The van der Waals surface area contributed by atoms with Crippen molar-refractivity contribution >= 4 is 23.5 Å². The summed E-state index contributed by atoms with van der Waals surface area (Å²) in [5, 5.41) is 3.14. The molecule has 0 aromatic heterocycles. The van der Waals surface area contributed by atoms with Crippen LogP contribution >= 0.6 is 11.8 Å². The third-order valence-electron chi connectivity index (χ3n) is 4.66. The fraction of sp³-hybridized carbons (Fsp3) is 0.600. The predicted octanol–water partition coefficient (Wildman–Crippen LogP) is 3.59. The number of Topliss-reactive ketones (excluding diaryl/α,β-unsaturated/α-hetero) is 1. The number of hydrogen-bond acceptors (Lipinski definition) is 4. The molecule has 4 nitrogen and oxygen atoms in total. The van der Waals surface area contributed by atoms with Gasteiger partial charge in [0.25, 0.3) is 0 Å². The van der Waals surface area contributed by atoms with Crippen LogP contribution in [0.25, 0.3) is 0 Å². The number of carbonyl (C=O) groups is 2. The summed E-state index contributed by atoms with van der Waals surface area (Å²) in [5.74, 6) is 0.718. The van der Waals surface area contributed by atoms with Crippen molar-refractivity contribution in [3.8, 4) is 0 Å². The first-order valence-electron chi connectivity index (χ1n) is 8.99. The first-order chi connectivity index (χ1) is 11.9. The van der Waals surface area contributed by atoms with Crippen molar-refractivity contribution in [2.45, 2.75) is 64.0 Å². The van der Waals surface area contributed by atoms with Crippen LogP contribution in [0.4, 0.5) is 0 Å². The maximum absolute atomic E-state index is 12.9. The van der Waals surface area contributed by atoms with Crippen molar-refractivity contribution in [2.24, 2.45) is 5.92 Å². The Morgan fingerprint density at radius 1 is 1.36 bits per heavy atom. The number of thioether (sulfide) groups is 1. The minimum atomic E-state index is -0.790. The molecule has 1 aliphatic heterocycles. The molecule has 1 amide bonds. The molecule has 3 atom stereocenters. The molecule has 0 bridgehead atoms. The van der Waals surface area contributed by atoms with E-state index in [1.165, 1.54) is 0 Å². The van der Waals surface area contributed by atoms with Gasteiger partial charge in [-0.15, -0.1) is 11.8 Å². The Morgan fingerprint density at radius 2 is 2.04 bits per heavy atom. The summed E-state index contributed by atoms with van der Waals surface area (Å²) in [7, 11) is 0. The van der Waals surface area contributed by atoms with E-state index in [1.54, 1.807) is 11.8 Å². The second-order valence-corrected chi connectivity index (χ2v) is 8.43. The van der Waals surface area contributed by atoms with Crippen LogP contribution in [0.2, 0.25) is 0 Å². The summed E-state index contributed by atoms with van der Waals surface area (Å²) in [5.41, 5.74) is 0.246. The van der Waals surface area contributed by atoms with Gasteiger partial charge in [0.2, 0.25) is 5.91 Å². The smallest absolute Gasteiger partial charge is 0.249 e. The van der Waals surface area contributed by atoms with E-state index in [9.17, 15) is 9.59 Å². The van der Waals surface area contributed by atoms with Crippen molar-refractivity contribution in [1.82, 2.24) is 5.32 Å². The number of nitrogens with one attached hydrogen (secondary N) is 1. The fourth-order valence-electron chi connectivity index (χ4n) is 3.14. The lowest BCUT2D eigenvalue weighted by atomic mass is 9.91. The zero-order valence-corrected chi connectivity index (χ0v) is 16.4. The summed E-state index contributed by atoms with van der Waals surface area (Å²) < 4.78 is 5.93. The first kappa shape index (κ1) is 20.0. The van der Waals surface area contributed by atoms with Crippen LogP contribution < -0.4 is 5.32 Å². The van der Waals surface area contributed by atoms with Crippen molar-refractivity contribution in [2.75, 3.05) is 5.75 Å². The van der Waals surface area contributed by atoms with Gasteiger partial charge in [0.05, 0.1) is 12.4 Å². The molecule has 138 valence electrons. The number of amides is 1. The van der Waals surface area contributed by atoms with E-state index < -0.39 is 11.6 Å². The van der Waals surface area contributed by atoms with E-state index in [0.717, 1.165) is 12.0 Å². The summed E-state index contributed by atoms with van der Waals surface area (Å²) >= 11 is 1.63. The second kappa shape index (κ2) is 8.86. The summed E-state index contributed by atoms with van der Waals surface area (Å²) in [6.07, 6.45) is 0.938. The van der Waals surface area contributed by atoms with E-state index in [4.69, 9.17) is 4.74 Å². The molecule has 2 rings (SSSR count). The van der Waals surface area contributed by atoms with E-state index >= 15 is 0 Å². The maximum atomic E-state index is 12.9. The van der Waals surface area contributed by atoms with Gasteiger partial charge in [0.1, 0.15) is 11.6 Å². The fourth-order valence-corrected chi connectivity index (χ4v) is 4.55. The normalized spacial score (nSPS) is 24.5. The second-order valence-electron chi connectivity index (χ2n) is 7.24. The highest BCUT2D eigenvalue weighted by Crippen LogP contribution is 2.35. The SMILES string of the molecule is CC[C@H]1SCC(=O)[C@]1(C)NC(=O)[C@H](CC(C)C)OCc1ccccc1. The number of ketones is 1. The van der Waals surface area contributed by atoms with Gasteiger partial charge >= 0.3 is 0 Å². The molecule has 5 heteroatoms. The van der Waals surface area contributed by atoms with Gasteiger partial charge in [0, 0.05) is 5.25 Å². The lowest BCUT2D eigenvalue weighted by molar-refractivity contribution is -0.139. The highest BCUT2D eigenvalue weighted by Gasteiger charge is 2.47. The average molecular weight is 364 g/mol. The van der Waals surface area contributed by atoms with Crippen LogP contribution in [0.3, 0.4) is 0 Å². The monoisotopic (exact) mass is 363 g/mol. The van der Waals surface area contributed by atoms with Gasteiger partial charge < -0.3 is 10.1 Å². The molecule has 1 heterocycles. The molecule has 1 aromatic rings. The quantitative estimate of drug-likeness (QED) is 0.767. The Balaban J connectivity index is 2.06. The molecule has 0 saturated carbocycles. The predicted molar refractivity (Wildman–Crippen MR) is 103 cm³/mol. The zero-order valence-electron chi connectivity index (χ0n) is 15.6. The number of carbonyl (C=O) groups excluding carboxylic acids is 2. The molecule has 0 radical (unpaired) electrons. The first-order valence-corrected chi connectivity index (χ1v) is 10.0. The Hall–Kier alpha value is -1.33. The third kappa shape index (κ3) is 5.08. The molecule has 1 aromatic carbocycles. The molecule has 1 fully saturated rings. The topological polar surface area (TPSA) is 55.4 Å². The number of hydrogen-bond donors (Lipinski definition) is 1. The number of benzene rings is 1. The van der Waals surface area contributed by atoms with Gasteiger partial charge in [-0.25, -0.2) is 0 Å². The molecule has 0 spiro atoms. The van der Waals surface area contributed by atoms with Crippen LogP contribution in [-0.4, -0.2) is 34.3 Å². The lowest BCUT2D eigenvalue weighted by Gasteiger charge is -2.32. The maximum Gasteiger partial charge on any atom is 0.249 e. The van der Waals surface area contributed by atoms with Crippen molar-refractivity contribution in [3.63, 3.8) is 0 Å². The number of rotatable bonds is 8. The van der Waals surface area contributed by atoms with Gasteiger partial charge in [-0.3, -0.25) is 9.59 Å². The average Bonchev–Trinajstić information content (AvgIpc) is 2.86. The van der Waals surface area contributed by atoms with Gasteiger partial charge in [0.15, 0.2) is 5.78 Å². The molecule has 25 heavy (non-hydrogen) atoms. The summed E-state index contributed by atoms with van der Waals surface area (Å²) in [4.78, 5) is 25.2. The summed E-state index contributed by atoms with van der Waals surface area (Å²) in [6.45, 7) is 8.43. The molecule has 0 unspecified atom stereocenters. The molecular weight excluding hydrogens is 334 g/mol. The molecule has 0 aliphatic carbocycles. The Kier molecular flexibility index (Phi) is 7.08. The number of ether oxygens (including phenoxy) is 1. The minimum absolute atomic E-state index is 0.101. The van der Waals surface area contributed by atoms with Gasteiger partial charge in [-0.1, -0.05) is 51.1 Å². The Morgan fingerprint density at radius 3 is 2.64 bits per heavy atom. The van der Waals surface area contributed by atoms with Gasteiger partial charge in [-0.05, 0) is 31.2 Å². The van der Waals surface area contributed by atoms with Crippen LogP contribution in [0.15, 0.2) is 30.3 Å². The summed E-state index contributed by atoms with van der Waals surface area (Å²) in [6, 6.07) is 9.83. The largest absolute Gasteiger partial charge is 0.364 e. The van der Waals surface area contributed by atoms with Crippen LogP contribution in [0, 0.1) is 5.92 Å². The highest BCUT2D eigenvalue weighted by molar-refractivity contribution is 8.01. The van der Waals surface area contributed by atoms with E-state index in [1.807, 2.05) is 37.3 Å². The molecule has 1 aliphatic rings. The van der Waals surface area contributed by atoms with Crippen molar-refractivity contribution in [1.29, 1.82) is 0 Å². The minimum Gasteiger partial charge on any atom is -0.364 e. The van der Waals surface area contributed by atoms with Crippen molar-refractivity contribution in [3.05, 3.63) is 35.9 Å². The highest BCUT2D eigenvalue weighted by atomic mass is 32.2. The van der Waals surface area contributed by atoms with E-state index in [-0.39, 0.29) is 16.9 Å².